The standard InChI is InChI=1S/C16H18O2S/c1-4-13(17)15-12(11-7-5-6-8-11)9-14(19-3)10(2)16(15)18/h5-9,11,18H,4H2,1-3H3. The van der Waals surface area contributed by atoms with Crippen molar-refractivity contribution in [3.63, 3.8) is 0 Å². The highest BCUT2D eigenvalue weighted by atomic mass is 32.2. The Kier molecular flexibility index (Phi) is 4.15. The molecule has 0 atom stereocenters. The lowest BCUT2D eigenvalue weighted by Crippen LogP contribution is -2.07. The SMILES string of the molecule is CCC(=O)c1c(C2C=CC=C2)cc(SC)c(C)c1O. The quantitative estimate of drug-likeness (QED) is 0.659. The number of rotatable bonds is 4. The molecule has 0 spiro atoms. The van der Waals surface area contributed by atoms with E-state index in [1.807, 2.05) is 50.5 Å². The van der Waals surface area contributed by atoms with Crippen LogP contribution in [0.2, 0.25) is 0 Å². The van der Waals surface area contributed by atoms with Crippen LogP contribution in [0.3, 0.4) is 0 Å². The number of hydrogen-bond donors (Lipinski definition) is 1. The molecule has 0 radical (unpaired) electrons. The van der Waals surface area contributed by atoms with E-state index in [0.29, 0.717) is 12.0 Å². The molecule has 0 saturated carbocycles. The third-order valence-corrected chi connectivity index (χ3v) is 4.33. The highest BCUT2D eigenvalue weighted by Crippen LogP contribution is 2.39. The van der Waals surface area contributed by atoms with Gasteiger partial charge >= 0.3 is 0 Å². The van der Waals surface area contributed by atoms with Crippen LogP contribution in [-0.4, -0.2) is 17.1 Å². The van der Waals surface area contributed by atoms with Gasteiger partial charge in [-0.3, -0.25) is 4.79 Å². The van der Waals surface area contributed by atoms with Gasteiger partial charge in [0.05, 0.1) is 5.56 Å². The lowest BCUT2D eigenvalue weighted by atomic mass is 9.90. The number of phenolic OH excluding ortho intramolecular Hbond substituents is 1. The van der Waals surface area contributed by atoms with Gasteiger partial charge < -0.3 is 5.11 Å². The van der Waals surface area contributed by atoms with Crippen LogP contribution in [0.4, 0.5) is 0 Å². The third-order valence-electron chi connectivity index (χ3n) is 3.46. The topological polar surface area (TPSA) is 37.3 Å². The highest BCUT2D eigenvalue weighted by molar-refractivity contribution is 7.98. The monoisotopic (exact) mass is 274 g/mol. The van der Waals surface area contributed by atoms with E-state index in [4.69, 9.17) is 0 Å². The predicted molar refractivity (Wildman–Crippen MR) is 80.3 cm³/mol. The Hall–Kier alpha value is -1.48. The minimum atomic E-state index is -0.00282. The smallest absolute Gasteiger partial charge is 0.166 e. The molecule has 3 heteroatoms. The Morgan fingerprint density at radius 3 is 2.53 bits per heavy atom. The summed E-state index contributed by atoms with van der Waals surface area (Å²) >= 11 is 1.59. The number of carbonyl (C=O) groups is 1. The molecule has 0 heterocycles. The lowest BCUT2D eigenvalue weighted by molar-refractivity contribution is 0.0984. The van der Waals surface area contributed by atoms with Crippen LogP contribution in [0.25, 0.3) is 0 Å². The molecule has 1 aliphatic carbocycles. The predicted octanol–water partition coefficient (Wildman–Crippen LogP) is 4.22. The van der Waals surface area contributed by atoms with Gasteiger partial charge in [-0.2, -0.15) is 0 Å². The molecule has 1 aromatic rings. The maximum Gasteiger partial charge on any atom is 0.166 e. The molecule has 0 bridgehead atoms. The summed E-state index contributed by atoms with van der Waals surface area (Å²) < 4.78 is 0. The lowest BCUT2D eigenvalue weighted by Gasteiger charge is -2.17. The Bertz CT molecular complexity index is 559. The van der Waals surface area contributed by atoms with E-state index in [1.54, 1.807) is 11.8 Å². The van der Waals surface area contributed by atoms with Crippen LogP contribution in [-0.2, 0) is 0 Å². The van der Waals surface area contributed by atoms with Crippen molar-refractivity contribution in [2.75, 3.05) is 6.26 Å². The Morgan fingerprint density at radius 1 is 1.37 bits per heavy atom. The van der Waals surface area contributed by atoms with E-state index in [9.17, 15) is 9.90 Å². The molecule has 0 aromatic heterocycles. The summed E-state index contributed by atoms with van der Waals surface area (Å²) in [6, 6.07) is 2.04. The van der Waals surface area contributed by atoms with Gasteiger partial charge in [-0.05, 0) is 24.8 Å². The second kappa shape index (κ2) is 5.66. The molecule has 19 heavy (non-hydrogen) atoms. The maximum absolute atomic E-state index is 12.1. The second-order valence-electron chi connectivity index (χ2n) is 4.59. The zero-order valence-corrected chi connectivity index (χ0v) is 12.3. The maximum atomic E-state index is 12.1. The molecule has 2 rings (SSSR count). The van der Waals surface area contributed by atoms with E-state index >= 15 is 0 Å². The fourth-order valence-electron chi connectivity index (χ4n) is 2.35. The number of thioether (sulfide) groups is 1. The molecule has 2 nitrogen and oxygen atoms in total. The van der Waals surface area contributed by atoms with Crippen molar-refractivity contribution in [1.29, 1.82) is 0 Å². The highest BCUT2D eigenvalue weighted by Gasteiger charge is 2.23. The second-order valence-corrected chi connectivity index (χ2v) is 5.44. The van der Waals surface area contributed by atoms with Crippen LogP contribution >= 0.6 is 11.8 Å². The van der Waals surface area contributed by atoms with E-state index in [-0.39, 0.29) is 17.5 Å². The number of allylic oxidation sites excluding steroid dienone is 4. The van der Waals surface area contributed by atoms with Crippen LogP contribution in [0, 0.1) is 6.92 Å². The number of aromatic hydroxyl groups is 1. The summed E-state index contributed by atoms with van der Waals surface area (Å²) in [7, 11) is 0. The molecule has 1 aliphatic rings. The van der Waals surface area contributed by atoms with Gasteiger partial charge in [0.2, 0.25) is 0 Å². The van der Waals surface area contributed by atoms with Crippen molar-refractivity contribution in [3.05, 3.63) is 47.1 Å². The van der Waals surface area contributed by atoms with Crippen molar-refractivity contribution in [3.8, 4) is 5.75 Å². The minimum Gasteiger partial charge on any atom is -0.507 e. The molecule has 1 N–H and O–H groups in total. The zero-order valence-electron chi connectivity index (χ0n) is 11.4. The van der Waals surface area contributed by atoms with Crippen molar-refractivity contribution in [2.24, 2.45) is 0 Å². The van der Waals surface area contributed by atoms with E-state index in [0.717, 1.165) is 16.0 Å². The van der Waals surface area contributed by atoms with Crippen LogP contribution in [0.1, 0.15) is 40.7 Å². The van der Waals surface area contributed by atoms with Crippen molar-refractivity contribution in [2.45, 2.75) is 31.1 Å². The van der Waals surface area contributed by atoms with Crippen molar-refractivity contribution >= 4 is 17.5 Å². The van der Waals surface area contributed by atoms with E-state index in [1.165, 1.54) is 0 Å². The Morgan fingerprint density at radius 2 is 2.00 bits per heavy atom. The first-order chi connectivity index (χ1) is 9.10. The molecule has 0 unspecified atom stereocenters. The Balaban J connectivity index is 2.67. The summed E-state index contributed by atoms with van der Waals surface area (Å²) in [6.45, 7) is 3.68. The first-order valence-electron chi connectivity index (χ1n) is 6.38. The fourth-order valence-corrected chi connectivity index (χ4v) is 2.99. The van der Waals surface area contributed by atoms with E-state index < -0.39 is 0 Å². The van der Waals surface area contributed by atoms with Crippen LogP contribution in [0.15, 0.2) is 35.3 Å². The number of carbonyl (C=O) groups excluding carboxylic acids is 1. The fraction of sp³-hybridized carbons (Fsp3) is 0.312. The van der Waals surface area contributed by atoms with Gasteiger partial charge in [-0.15, -0.1) is 11.8 Å². The van der Waals surface area contributed by atoms with Gasteiger partial charge in [0.1, 0.15) is 5.75 Å². The van der Waals surface area contributed by atoms with Crippen molar-refractivity contribution in [1.82, 2.24) is 0 Å². The zero-order chi connectivity index (χ0) is 14.0. The normalized spacial score (nSPS) is 14.3. The average molecular weight is 274 g/mol. The van der Waals surface area contributed by atoms with Gasteiger partial charge in [-0.1, -0.05) is 31.2 Å². The summed E-state index contributed by atoms with van der Waals surface area (Å²) in [6.07, 6.45) is 10.4. The largest absolute Gasteiger partial charge is 0.507 e. The van der Waals surface area contributed by atoms with Crippen LogP contribution in [0.5, 0.6) is 5.75 Å². The first-order valence-corrected chi connectivity index (χ1v) is 7.61. The number of benzene rings is 1. The molecular weight excluding hydrogens is 256 g/mol. The Labute approximate surface area is 118 Å². The molecule has 0 aliphatic heterocycles. The number of Topliss-reactive ketones (excluding diaryl/α,β-unsaturated/α-hetero) is 1. The number of hydrogen-bond acceptors (Lipinski definition) is 3. The average Bonchev–Trinajstić information content (AvgIpc) is 2.94. The molecule has 0 saturated heterocycles. The molecule has 0 fully saturated rings. The van der Waals surface area contributed by atoms with Crippen molar-refractivity contribution < 1.29 is 9.90 Å². The number of phenols is 1. The summed E-state index contributed by atoms with van der Waals surface area (Å²) in [4.78, 5) is 13.2. The summed E-state index contributed by atoms with van der Waals surface area (Å²) in [5, 5.41) is 10.4. The van der Waals surface area contributed by atoms with Gasteiger partial charge in [0.25, 0.3) is 0 Å². The summed E-state index contributed by atoms with van der Waals surface area (Å²) in [5.74, 6) is 0.224. The molecule has 1 aromatic carbocycles. The minimum absolute atomic E-state index is 0.00282. The molecular formula is C16H18O2S. The molecule has 100 valence electrons. The van der Waals surface area contributed by atoms with Crippen LogP contribution < -0.4 is 0 Å². The number of ketones is 1. The summed E-state index contributed by atoms with van der Waals surface area (Å²) in [5.41, 5.74) is 2.18. The van der Waals surface area contributed by atoms with Gasteiger partial charge in [0.15, 0.2) is 5.78 Å². The van der Waals surface area contributed by atoms with Gasteiger partial charge in [-0.25, -0.2) is 0 Å². The van der Waals surface area contributed by atoms with E-state index in [2.05, 4.69) is 0 Å². The third kappa shape index (κ3) is 2.47. The molecule has 0 amide bonds. The van der Waals surface area contributed by atoms with Gasteiger partial charge in [0, 0.05) is 22.8 Å². The first kappa shape index (κ1) is 13.9.